The van der Waals surface area contributed by atoms with E-state index in [1.54, 1.807) is 6.07 Å². The summed E-state index contributed by atoms with van der Waals surface area (Å²) in [7, 11) is 0. The van der Waals surface area contributed by atoms with E-state index in [0.29, 0.717) is 31.2 Å². The van der Waals surface area contributed by atoms with Crippen molar-refractivity contribution in [1.82, 2.24) is 0 Å². The average Bonchev–Trinajstić information content (AvgIpc) is 2.74. The van der Waals surface area contributed by atoms with Crippen LogP contribution in [0.15, 0.2) is 42.5 Å². The van der Waals surface area contributed by atoms with Gasteiger partial charge in [0, 0.05) is 5.56 Å². The van der Waals surface area contributed by atoms with Gasteiger partial charge in [-0.1, -0.05) is 62.0 Å². The Morgan fingerprint density at radius 2 is 1.66 bits per heavy atom. The monoisotopic (exact) mass is 396 g/mol. The molecule has 1 fully saturated rings. The Bertz CT molecular complexity index is 892. The van der Waals surface area contributed by atoms with Gasteiger partial charge in [0.1, 0.15) is 6.17 Å². The van der Waals surface area contributed by atoms with Crippen LogP contribution in [0.25, 0.3) is 6.08 Å². The number of hydrogen-bond donors (Lipinski definition) is 0. The Hall–Kier alpha value is -2.47. The smallest absolute Gasteiger partial charge is 0.174 e. The van der Waals surface area contributed by atoms with Gasteiger partial charge >= 0.3 is 0 Å². The van der Waals surface area contributed by atoms with Crippen LogP contribution in [0.4, 0.5) is 13.2 Å². The number of rotatable bonds is 5. The lowest BCUT2D eigenvalue weighted by Gasteiger charge is -2.25. The van der Waals surface area contributed by atoms with Crippen LogP contribution < -0.4 is 0 Å². The lowest BCUT2D eigenvalue weighted by Crippen LogP contribution is -2.15. The number of unbranched alkanes of at least 4 members (excludes halogenated alkanes) is 2. The molecule has 0 N–H and O–H groups in total. The van der Waals surface area contributed by atoms with Crippen LogP contribution in [-0.2, 0) is 0 Å². The summed E-state index contributed by atoms with van der Waals surface area (Å²) in [5.74, 6) is 3.79. The molecule has 1 aliphatic rings. The quantitative estimate of drug-likeness (QED) is 0.361. The van der Waals surface area contributed by atoms with Gasteiger partial charge in [0.25, 0.3) is 0 Å². The van der Waals surface area contributed by atoms with Crippen LogP contribution in [0.5, 0.6) is 0 Å². The van der Waals surface area contributed by atoms with Crippen LogP contribution in [-0.4, -0.2) is 6.17 Å². The second kappa shape index (κ2) is 10.3. The zero-order valence-electron chi connectivity index (χ0n) is 16.9. The minimum atomic E-state index is -0.909. The average molecular weight is 396 g/mol. The van der Waals surface area contributed by atoms with Crippen molar-refractivity contribution in [3.63, 3.8) is 0 Å². The first-order valence-electron chi connectivity index (χ1n) is 10.5. The lowest BCUT2D eigenvalue weighted by molar-refractivity contribution is 0.233. The standard InChI is InChI=1S/C26H27F3/c1-2-3-4-5-6-19-7-9-20(10-8-19)11-12-22-15-18-24(26(29)25(22)28)21-13-16-23(27)17-14-21/h5-10,15,18,21,23H,2-4,13-14,16-17H2,1H3/b6-5+. The molecule has 0 atom stereocenters. The Morgan fingerprint density at radius 1 is 0.931 bits per heavy atom. The molecule has 0 nitrogen and oxygen atoms in total. The molecule has 3 rings (SSSR count). The SMILES string of the molecule is CCCC/C=C/c1ccc(C#Cc2ccc(C3CCC(F)CC3)c(F)c2F)cc1. The molecule has 0 aliphatic heterocycles. The summed E-state index contributed by atoms with van der Waals surface area (Å²) in [5, 5.41) is 0. The summed E-state index contributed by atoms with van der Waals surface area (Å²) in [6.45, 7) is 2.17. The van der Waals surface area contributed by atoms with Gasteiger partial charge in [-0.2, -0.15) is 0 Å². The van der Waals surface area contributed by atoms with E-state index in [0.717, 1.165) is 17.5 Å². The molecular formula is C26H27F3. The molecule has 0 heterocycles. The molecule has 3 heteroatoms. The van der Waals surface area contributed by atoms with E-state index in [1.807, 2.05) is 24.3 Å². The molecule has 152 valence electrons. The molecular weight excluding hydrogens is 369 g/mol. The van der Waals surface area contributed by atoms with Crippen molar-refractivity contribution in [2.75, 3.05) is 0 Å². The third-order valence-electron chi connectivity index (χ3n) is 5.50. The summed E-state index contributed by atoms with van der Waals surface area (Å²) >= 11 is 0. The van der Waals surface area contributed by atoms with Gasteiger partial charge in [0.05, 0.1) is 5.56 Å². The number of hydrogen-bond acceptors (Lipinski definition) is 0. The Morgan fingerprint density at radius 3 is 2.34 bits per heavy atom. The van der Waals surface area contributed by atoms with Crippen molar-refractivity contribution in [2.45, 2.75) is 64.0 Å². The van der Waals surface area contributed by atoms with E-state index in [2.05, 4.69) is 30.9 Å². The van der Waals surface area contributed by atoms with Gasteiger partial charge in [-0.25, -0.2) is 13.2 Å². The Kier molecular flexibility index (Phi) is 7.58. The largest absolute Gasteiger partial charge is 0.247 e. The number of halogens is 3. The summed E-state index contributed by atoms with van der Waals surface area (Å²) in [6.07, 6.45) is 8.78. The van der Waals surface area contributed by atoms with E-state index in [-0.39, 0.29) is 11.5 Å². The number of alkyl halides is 1. The molecule has 29 heavy (non-hydrogen) atoms. The van der Waals surface area contributed by atoms with Crippen molar-refractivity contribution in [3.05, 3.63) is 76.4 Å². The van der Waals surface area contributed by atoms with Crippen LogP contribution in [0.3, 0.4) is 0 Å². The second-order valence-electron chi connectivity index (χ2n) is 7.70. The third-order valence-corrected chi connectivity index (χ3v) is 5.50. The van der Waals surface area contributed by atoms with Crippen molar-refractivity contribution < 1.29 is 13.2 Å². The summed E-state index contributed by atoms with van der Waals surface area (Å²) in [5.41, 5.74) is 2.24. The zero-order chi connectivity index (χ0) is 20.6. The highest BCUT2D eigenvalue weighted by atomic mass is 19.2. The van der Waals surface area contributed by atoms with Gasteiger partial charge in [-0.15, -0.1) is 0 Å². The predicted octanol–water partition coefficient (Wildman–Crippen LogP) is 7.56. The van der Waals surface area contributed by atoms with Crippen molar-refractivity contribution in [2.24, 2.45) is 0 Å². The molecule has 2 aromatic rings. The molecule has 0 spiro atoms. The highest BCUT2D eigenvalue weighted by Crippen LogP contribution is 2.36. The van der Waals surface area contributed by atoms with Gasteiger partial charge in [-0.3, -0.25) is 0 Å². The van der Waals surface area contributed by atoms with Crippen LogP contribution in [0.2, 0.25) is 0 Å². The fraction of sp³-hybridized carbons (Fsp3) is 0.385. The van der Waals surface area contributed by atoms with E-state index >= 15 is 0 Å². The second-order valence-corrected chi connectivity index (χ2v) is 7.70. The maximum Gasteiger partial charge on any atom is 0.174 e. The molecule has 0 unspecified atom stereocenters. The van der Waals surface area contributed by atoms with Crippen LogP contribution >= 0.6 is 0 Å². The maximum absolute atomic E-state index is 14.6. The van der Waals surface area contributed by atoms with Crippen LogP contribution in [0, 0.1) is 23.5 Å². The molecule has 0 bridgehead atoms. The molecule has 0 saturated heterocycles. The van der Waals surface area contributed by atoms with Crippen LogP contribution in [0.1, 0.15) is 80.0 Å². The van der Waals surface area contributed by atoms with Crippen molar-refractivity contribution in [1.29, 1.82) is 0 Å². The topological polar surface area (TPSA) is 0 Å². The highest BCUT2D eigenvalue weighted by molar-refractivity contribution is 5.52. The first kappa shape index (κ1) is 21.2. The number of allylic oxidation sites excluding steroid dienone is 1. The van der Waals surface area contributed by atoms with Gasteiger partial charge < -0.3 is 0 Å². The fourth-order valence-corrected chi connectivity index (χ4v) is 3.70. The summed E-state index contributed by atoms with van der Waals surface area (Å²) < 4.78 is 42.4. The molecule has 1 saturated carbocycles. The maximum atomic E-state index is 14.6. The molecule has 2 aromatic carbocycles. The first-order valence-corrected chi connectivity index (χ1v) is 10.5. The fourth-order valence-electron chi connectivity index (χ4n) is 3.70. The van der Waals surface area contributed by atoms with Gasteiger partial charge in [0.2, 0.25) is 0 Å². The highest BCUT2D eigenvalue weighted by Gasteiger charge is 2.25. The minimum Gasteiger partial charge on any atom is -0.247 e. The van der Waals surface area contributed by atoms with E-state index < -0.39 is 17.8 Å². The zero-order valence-corrected chi connectivity index (χ0v) is 16.9. The molecule has 0 radical (unpaired) electrons. The van der Waals surface area contributed by atoms with Gasteiger partial charge in [0.15, 0.2) is 11.6 Å². The Balaban J connectivity index is 1.70. The van der Waals surface area contributed by atoms with Gasteiger partial charge in [-0.05, 0) is 67.3 Å². The first-order chi connectivity index (χ1) is 14.1. The molecule has 0 amide bonds. The number of benzene rings is 2. The van der Waals surface area contributed by atoms with E-state index in [4.69, 9.17) is 0 Å². The Labute approximate surface area is 171 Å². The normalized spacial score (nSPS) is 19.2. The minimum absolute atomic E-state index is 0.0500. The van der Waals surface area contributed by atoms with Crippen molar-refractivity contribution >= 4 is 6.08 Å². The van der Waals surface area contributed by atoms with E-state index in [1.165, 1.54) is 18.9 Å². The summed E-state index contributed by atoms with van der Waals surface area (Å²) in [6, 6.07) is 10.8. The lowest BCUT2D eigenvalue weighted by atomic mass is 9.82. The van der Waals surface area contributed by atoms with E-state index in [9.17, 15) is 13.2 Å². The summed E-state index contributed by atoms with van der Waals surface area (Å²) in [4.78, 5) is 0. The molecule has 1 aliphatic carbocycles. The third kappa shape index (κ3) is 5.76. The van der Waals surface area contributed by atoms with Crippen molar-refractivity contribution in [3.8, 4) is 11.8 Å². The predicted molar refractivity (Wildman–Crippen MR) is 113 cm³/mol. The molecule has 0 aromatic heterocycles.